The second-order valence-corrected chi connectivity index (χ2v) is 4.31. The van der Waals surface area contributed by atoms with Crippen molar-refractivity contribution in [2.75, 3.05) is 19.6 Å². The number of hydrogen-bond donors (Lipinski definition) is 3. The molecule has 0 aromatic rings. The van der Waals surface area contributed by atoms with Gasteiger partial charge in [-0.3, -0.25) is 9.79 Å². The van der Waals surface area contributed by atoms with Crippen LogP contribution in [0.5, 0.6) is 0 Å². The Kier molecular flexibility index (Phi) is 15.2. The first-order chi connectivity index (χ1) is 8.63. The third-order valence-corrected chi connectivity index (χ3v) is 2.52. The fourth-order valence-corrected chi connectivity index (χ4v) is 1.28. The highest BCUT2D eigenvalue weighted by Crippen LogP contribution is 1.89. The van der Waals surface area contributed by atoms with Crippen molar-refractivity contribution in [2.45, 2.75) is 53.0 Å². The monoisotopic (exact) mass is 384 g/mol. The molecular weight excluding hydrogens is 355 g/mol. The highest BCUT2D eigenvalue weighted by atomic mass is 127. The molecule has 0 heterocycles. The van der Waals surface area contributed by atoms with Gasteiger partial charge in [0.1, 0.15) is 0 Å². The molecule has 0 fully saturated rings. The predicted molar refractivity (Wildman–Crippen MR) is 92.2 cm³/mol. The van der Waals surface area contributed by atoms with Gasteiger partial charge in [0.15, 0.2) is 5.96 Å². The SMILES string of the molecule is CCCNC(=O)CCN=C(NCC)NC(C)CC.I. The molecule has 0 aromatic heterocycles. The molecule has 1 unspecified atom stereocenters. The summed E-state index contributed by atoms with van der Waals surface area (Å²) in [6.07, 6.45) is 2.45. The Morgan fingerprint density at radius 1 is 1.21 bits per heavy atom. The van der Waals surface area contributed by atoms with Gasteiger partial charge in [-0.25, -0.2) is 0 Å². The van der Waals surface area contributed by atoms with Crippen molar-refractivity contribution < 1.29 is 4.79 Å². The number of nitrogens with one attached hydrogen (secondary N) is 3. The number of hydrogen-bond acceptors (Lipinski definition) is 2. The summed E-state index contributed by atoms with van der Waals surface area (Å²) in [5, 5.41) is 9.30. The molecule has 0 spiro atoms. The van der Waals surface area contributed by atoms with Gasteiger partial charge in [0.25, 0.3) is 0 Å². The van der Waals surface area contributed by atoms with Gasteiger partial charge in [-0.2, -0.15) is 0 Å². The topological polar surface area (TPSA) is 65.5 Å². The molecular formula is C13H29IN4O. The smallest absolute Gasteiger partial charge is 0.221 e. The van der Waals surface area contributed by atoms with Crippen molar-refractivity contribution in [2.24, 2.45) is 4.99 Å². The Bertz CT molecular complexity index is 259. The van der Waals surface area contributed by atoms with Crippen LogP contribution in [0.2, 0.25) is 0 Å². The Labute approximate surface area is 134 Å². The molecule has 3 N–H and O–H groups in total. The lowest BCUT2D eigenvalue weighted by Gasteiger charge is -2.16. The molecule has 0 saturated heterocycles. The zero-order valence-electron chi connectivity index (χ0n) is 12.6. The van der Waals surface area contributed by atoms with Crippen molar-refractivity contribution in [3.8, 4) is 0 Å². The quantitative estimate of drug-likeness (QED) is 0.340. The van der Waals surface area contributed by atoms with Gasteiger partial charge in [0.05, 0.1) is 6.54 Å². The Morgan fingerprint density at radius 3 is 2.42 bits per heavy atom. The Hall–Kier alpha value is -0.530. The summed E-state index contributed by atoms with van der Waals surface area (Å²) in [5.41, 5.74) is 0. The number of guanidine groups is 1. The summed E-state index contributed by atoms with van der Waals surface area (Å²) >= 11 is 0. The maximum absolute atomic E-state index is 11.4. The summed E-state index contributed by atoms with van der Waals surface area (Å²) in [4.78, 5) is 15.8. The molecule has 6 heteroatoms. The lowest BCUT2D eigenvalue weighted by Crippen LogP contribution is -2.42. The highest BCUT2D eigenvalue weighted by Gasteiger charge is 2.03. The first-order valence-electron chi connectivity index (χ1n) is 6.95. The molecule has 0 aromatic carbocycles. The molecule has 0 radical (unpaired) electrons. The number of carbonyl (C=O) groups is 1. The number of aliphatic imine (C=N–C) groups is 1. The molecule has 19 heavy (non-hydrogen) atoms. The molecule has 0 saturated carbocycles. The maximum atomic E-state index is 11.4. The highest BCUT2D eigenvalue weighted by molar-refractivity contribution is 14.0. The van der Waals surface area contributed by atoms with Crippen LogP contribution in [0.4, 0.5) is 0 Å². The second-order valence-electron chi connectivity index (χ2n) is 4.31. The van der Waals surface area contributed by atoms with E-state index < -0.39 is 0 Å². The first kappa shape index (κ1) is 20.8. The average Bonchev–Trinajstić information content (AvgIpc) is 2.36. The zero-order chi connectivity index (χ0) is 13.8. The molecule has 114 valence electrons. The van der Waals surface area contributed by atoms with Crippen LogP contribution < -0.4 is 16.0 Å². The summed E-state index contributed by atoms with van der Waals surface area (Å²) < 4.78 is 0. The van der Waals surface area contributed by atoms with Gasteiger partial charge in [0.2, 0.25) is 5.91 Å². The van der Waals surface area contributed by atoms with Gasteiger partial charge in [-0.05, 0) is 26.7 Å². The standard InChI is InChI=1S/C13H28N4O.HI/c1-5-9-15-12(18)8-10-16-13(14-7-3)17-11(4)6-2;/h11H,5-10H2,1-4H3,(H,15,18)(H2,14,16,17);1H. The zero-order valence-corrected chi connectivity index (χ0v) is 14.9. The van der Waals surface area contributed by atoms with E-state index in [1.165, 1.54) is 0 Å². The van der Waals surface area contributed by atoms with E-state index in [-0.39, 0.29) is 29.9 Å². The molecule has 1 amide bonds. The molecule has 0 bridgehead atoms. The van der Waals surface area contributed by atoms with Gasteiger partial charge in [0, 0.05) is 25.6 Å². The van der Waals surface area contributed by atoms with Crippen LogP contribution in [0.1, 0.15) is 47.0 Å². The van der Waals surface area contributed by atoms with E-state index in [4.69, 9.17) is 0 Å². The summed E-state index contributed by atoms with van der Waals surface area (Å²) in [5.74, 6) is 0.857. The summed E-state index contributed by atoms with van der Waals surface area (Å²) in [7, 11) is 0. The van der Waals surface area contributed by atoms with Crippen LogP contribution in [0.3, 0.4) is 0 Å². The van der Waals surface area contributed by atoms with Crippen molar-refractivity contribution in [1.82, 2.24) is 16.0 Å². The number of carbonyl (C=O) groups excluding carboxylic acids is 1. The number of nitrogens with zero attached hydrogens (tertiary/aromatic N) is 1. The van der Waals surface area contributed by atoms with Gasteiger partial charge < -0.3 is 16.0 Å². The third-order valence-electron chi connectivity index (χ3n) is 2.52. The Balaban J connectivity index is 0. The van der Waals surface area contributed by atoms with Crippen LogP contribution in [-0.2, 0) is 4.79 Å². The van der Waals surface area contributed by atoms with Gasteiger partial charge in [-0.1, -0.05) is 13.8 Å². The van der Waals surface area contributed by atoms with E-state index in [1.807, 2.05) is 13.8 Å². The number of halogens is 1. The minimum atomic E-state index is 0. The lowest BCUT2D eigenvalue weighted by atomic mass is 10.3. The number of rotatable bonds is 8. The van der Waals surface area contributed by atoms with Crippen LogP contribution in [0.15, 0.2) is 4.99 Å². The minimum absolute atomic E-state index is 0. The fourth-order valence-electron chi connectivity index (χ4n) is 1.28. The second kappa shape index (κ2) is 13.9. The van der Waals surface area contributed by atoms with Gasteiger partial charge >= 0.3 is 0 Å². The molecule has 0 aliphatic carbocycles. The van der Waals surface area contributed by atoms with Crippen LogP contribution in [0, 0.1) is 0 Å². The van der Waals surface area contributed by atoms with E-state index in [2.05, 4.69) is 34.8 Å². The van der Waals surface area contributed by atoms with Crippen molar-refractivity contribution in [3.05, 3.63) is 0 Å². The molecule has 5 nitrogen and oxygen atoms in total. The first-order valence-corrected chi connectivity index (χ1v) is 6.95. The van der Waals surface area contributed by atoms with Crippen molar-refractivity contribution >= 4 is 35.8 Å². The number of amides is 1. The minimum Gasteiger partial charge on any atom is -0.357 e. The summed E-state index contributed by atoms with van der Waals surface area (Å²) in [6.45, 7) is 10.4. The van der Waals surface area contributed by atoms with Crippen LogP contribution in [0.25, 0.3) is 0 Å². The lowest BCUT2D eigenvalue weighted by molar-refractivity contribution is -0.120. The predicted octanol–water partition coefficient (Wildman–Crippen LogP) is 1.87. The largest absolute Gasteiger partial charge is 0.357 e. The maximum Gasteiger partial charge on any atom is 0.221 e. The van der Waals surface area contributed by atoms with E-state index in [0.29, 0.717) is 19.0 Å². The molecule has 0 rings (SSSR count). The molecule has 1 atom stereocenters. The third kappa shape index (κ3) is 12.3. The Morgan fingerprint density at radius 2 is 1.89 bits per heavy atom. The van der Waals surface area contributed by atoms with Crippen molar-refractivity contribution in [1.29, 1.82) is 0 Å². The normalized spacial score (nSPS) is 12.3. The van der Waals surface area contributed by atoms with Crippen LogP contribution in [-0.4, -0.2) is 37.5 Å². The fraction of sp³-hybridized carbons (Fsp3) is 0.846. The van der Waals surface area contributed by atoms with E-state index in [1.54, 1.807) is 0 Å². The molecule has 0 aliphatic heterocycles. The van der Waals surface area contributed by atoms with E-state index >= 15 is 0 Å². The van der Waals surface area contributed by atoms with Crippen molar-refractivity contribution in [3.63, 3.8) is 0 Å². The molecule has 0 aliphatic rings. The van der Waals surface area contributed by atoms with Crippen LogP contribution >= 0.6 is 24.0 Å². The average molecular weight is 384 g/mol. The van der Waals surface area contributed by atoms with Gasteiger partial charge in [-0.15, -0.1) is 24.0 Å². The van der Waals surface area contributed by atoms with E-state index in [0.717, 1.165) is 31.9 Å². The van der Waals surface area contributed by atoms with E-state index in [9.17, 15) is 4.79 Å². The summed E-state index contributed by atoms with van der Waals surface area (Å²) in [6, 6.07) is 0.386.